The van der Waals surface area contributed by atoms with Crippen molar-refractivity contribution in [1.82, 2.24) is 0 Å². The summed E-state index contributed by atoms with van der Waals surface area (Å²) >= 11 is 1.75. The van der Waals surface area contributed by atoms with Crippen molar-refractivity contribution < 1.29 is 14.6 Å². The van der Waals surface area contributed by atoms with Crippen LogP contribution in [0, 0.1) is 0 Å². The monoisotopic (exact) mass is 494 g/mol. The SMILES string of the molecule is COc1ccc(N/C=C2\C(c3ccc(O)cc3)=Nc3ccccc3SC2c2cccc(OC)c2)cc1. The first-order valence-corrected chi connectivity index (χ1v) is 12.4. The first kappa shape index (κ1) is 23.6. The molecule has 6 heteroatoms. The lowest BCUT2D eigenvalue weighted by Gasteiger charge is -2.21. The molecule has 0 fully saturated rings. The first-order chi connectivity index (χ1) is 17.6. The number of benzene rings is 4. The van der Waals surface area contributed by atoms with Crippen molar-refractivity contribution in [3.8, 4) is 17.2 Å². The topological polar surface area (TPSA) is 63.1 Å². The van der Waals surface area contributed by atoms with Crippen LogP contribution in [0.4, 0.5) is 11.4 Å². The highest BCUT2D eigenvalue weighted by molar-refractivity contribution is 8.00. The molecule has 0 amide bonds. The van der Waals surface area contributed by atoms with Gasteiger partial charge in [0, 0.05) is 27.9 Å². The molecule has 4 aromatic rings. The number of rotatable bonds is 6. The van der Waals surface area contributed by atoms with Gasteiger partial charge in [-0.2, -0.15) is 0 Å². The third-order valence-electron chi connectivity index (χ3n) is 5.92. The lowest BCUT2D eigenvalue weighted by molar-refractivity contribution is 0.414. The average molecular weight is 495 g/mol. The van der Waals surface area contributed by atoms with E-state index in [4.69, 9.17) is 14.5 Å². The molecule has 5 rings (SSSR count). The Morgan fingerprint density at radius 2 is 1.58 bits per heavy atom. The number of phenols is 1. The summed E-state index contributed by atoms with van der Waals surface area (Å²) in [5, 5.41) is 13.3. The van der Waals surface area contributed by atoms with Crippen LogP contribution in [0.5, 0.6) is 17.2 Å². The van der Waals surface area contributed by atoms with Crippen molar-refractivity contribution in [1.29, 1.82) is 0 Å². The quantitative estimate of drug-likeness (QED) is 0.293. The van der Waals surface area contributed by atoms with E-state index in [0.29, 0.717) is 0 Å². The third kappa shape index (κ3) is 5.09. The van der Waals surface area contributed by atoms with Crippen molar-refractivity contribution in [2.45, 2.75) is 10.1 Å². The van der Waals surface area contributed by atoms with Gasteiger partial charge in [0.25, 0.3) is 0 Å². The summed E-state index contributed by atoms with van der Waals surface area (Å²) in [4.78, 5) is 6.23. The average Bonchev–Trinajstić information content (AvgIpc) is 3.09. The number of fused-ring (bicyclic) bond motifs is 1. The number of aromatic hydroxyl groups is 1. The summed E-state index contributed by atoms with van der Waals surface area (Å²) in [5.41, 5.74) is 5.70. The molecule has 0 saturated carbocycles. The number of hydrogen-bond acceptors (Lipinski definition) is 6. The highest BCUT2D eigenvalue weighted by Crippen LogP contribution is 2.48. The summed E-state index contributed by atoms with van der Waals surface area (Å²) < 4.78 is 10.8. The molecule has 1 atom stereocenters. The van der Waals surface area contributed by atoms with Gasteiger partial charge in [0.1, 0.15) is 17.2 Å². The number of ether oxygens (including phenoxy) is 2. The van der Waals surface area contributed by atoms with Gasteiger partial charge in [-0.05, 0) is 78.4 Å². The van der Waals surface area contributed by atoms with Crippen LogP contribution >= 0.6 is 11.8 Å². The number of phenolic OH excluding ortho intramolecular Hbond substituents is 1. The third-order valence-corrected chi connectivity index (χ3v) is 7.28. The second kappa shape index (κ2) is 10.6. The fourth-order valence-electron chi connectivity index (χ4n) is 4.04. The molecule has 4 aromatic carbocycles. The molecule has 1 aliphatic rings. The van der Waals surface area contributed by atoms with E-state index >= 15 is 0 Å². The number of thioether (sulfide) groups is 1. The Morgan fingerprint density at radius 3 is 2.33 bits per heavy atom. The van der Waals surface area contributed by atoms with Crippen LogP contribution in [-0.2, 0) is 0 Å². The minimum atomic E-state index is -0.0675. The Hall–Kier alpha value is -4.16. The molecule has 1 aliphatic heterocycles. The Bertz CT molecular complexity index is 1410. The molecule has 180 valence electrons. The van der Waals surface area contributed by atoms with Crippen molar-refractivity contribution in [3.05, 3.63) is 120 Å². The minimum absolute atomic E-state index is 0.0675. The van der Waals surface area contributed by atoms with E-state index in [1.54, 1.807) is 38.1 Å². The van der Waals surface area contributed by atoms with Gasteiger partial charge in [-0.25, -0.2) is 4.99 Å². The number of methoxy groups -OCH3 is 2. The zero-order valence-electron chi connectivity index (χ0n) is 20.0. The van der Waals surface area contributed by atoms with E-state index in [0.717, 1.165) is 50.2 Å². The van der Waals surface area contributed by atoms with Gasteiger partial charge in [-0.1, -0.05) is 24.3 Å². The van der Waals surface area contributed by atoms with Gasteiger partial charge in [0.15, 0.2) is 0 Å². The van der Waals surface area contributed by atoms with Crippen LogP contribution in [0.25, 0.3) is 0 Å². The Labute approximate surface area is 215 Å². The molecule has 36 heavy (non-hydrogen) atoms. The summed E-state index contributed by atoms with van der Waals surface area (Å²) in [7, 11) is 3.34. The normalized spacial score (nSPS) is 16.0. The van der Waals surface area contributed by atoms with E-state index in [2.05, 4.69) is 23.5 Å². The molecular weight excluding hydrogens is 468 g/mol. The Kier molecular flexibility index (Phi) is 6.96. The molecule has 1 heterocycles. The molecule has 2 N–H and O–H groups in total. The van der Waals surface area contributed by atoms with E-state index < -0.39 is 0 Å². The summed E-state index contributed by atoms with van der Waals surface area (Å²) in [6, 6.07) is 31.3. The number of nitrogens with one attached hydrogen (secondary N) is 1. The van der Waals surface area contributed by atoms with Crippen LogP contribution in [0.2, 0.25) is 0 Å². The summed E-state index contributed by atoms with van der Waals surface area (Å²) in [5.74, 6) is 1.82. The maximum atomic E-state index is 9.92. The first-order valence-electron chi connectivity index (χ1n) is 11.5. The second-order valence-electron chi connectivity index (χ2n) is 8.22. The number of nitrogens with zero attached hydrogens (tertiary/aromatic N) is 1. The predicted molar refractivity (Wildman–Crippen MR) is 147 cm³/mol. The predicted octanol–water partition coefficient (Wildman–Crippen LogP) is 7.37. The molecular formula is C30H26N2O3S. The van der Waals surface area contributed by atoms with E-state index in [9.17, 15) is 5.11 Å². The number of hydrogen-bond donors (Lipinski definition) is 2. The second-order valence-corrected chi connectivity index (χ2v) is 9.37. The minimum Gasteiger partial charge on any atom is -0.508 e. The van der Waals surface area contributed by atoms with Crippen molar-refractivity contribution in [3.63, 3.8) is 0 Å². The van der Waals surface area contributed by atoms with Crippen LogP contribution in [0.1, 0.15) is 16.4 Å². The van der Waals surface area contributed by atoms with Crippen LogP contribution in [0.3, 0.4) is 0 Å². The molecule has 0 aliphatic carbocycles. The molecule has 0 bridgehead atoms. The van der Waals surface area contributed by atoms with Gasteiger partial charge in [0.2, 0.25) is 0 Å². The molecule has 0 spiro atoms. The fraction of sp³-hybridized carbons (Fsp3) is 0.100. The van der Waals surface area contributed by atoms with Crippen molar-refractivity contribution in [2.24, 2.45) is 4.99 Å². The largest absolute Gasteiger partial charge is 0.508 e. The zero-order chi connectivity index (χ0) is 24.9. The maximum Gasteiger partial charge on any atom is 0.119 e. The summed E-state index contributed by atoms with van der Waals surface area (Å²) in [6.45, 7) is 0. The highest BCUT2D eigenvalue weighted by atomic mass is 32.2. The number of aliphatic imine (C=N–C) groups is 1. The smallest absolute Gasteiger partial charge is 0.119 e. The Balaban J connectivity index is 1.67. The molecule has 0 radical (unpaired) electrons. The number of anilines is 1. The van der Waals surface area contributed by atoms with E-state index in [1.165, 1.54) is 0 Å². The van der Waals surface area contributed by atoms with Gasteiger partial charge >= 0.3 is 0 Å². The highest BCUT2D eigenvalue weighted by Gasteiger charge is 2.28. The lowest BCUT2D eigenvalue weighted by Crippen LogP contribution is -2.12. The van der Waals surface area contributed by atoms with E-state index in [1.807, 2.05) is 72.9 Å². The van der Waals surface area contributed by atoms with Gasteiger partial charge < -0.3 is 19.9 Å². The Morgan fingerprint density at radius 1 is 0.833 bits per heavy atom. The van der Waals surface area contributed by atoms with Gasteiger partial charge in [-0.3, -0.25) is 0 Å². The van der Waals surface area contributed by atoms with E-state index in [-0.39, 0.29) is 11.0 Å². The van der Waals surface area contributed by atoms with Crippen molar-refractivity contribution in [2.75, 3.05) is 19.5 Å². The zero-order valence-corrected chi connectivity index (χ0v) is 20.8. The van der Waals surface area contributed by atoms with Crippen LogP contribution in [-0.4, -0.2) is 25.0 Å². The number of para-hydroxylation sites is 1. The maximum absolute atomic E-state index is 9.92. The standard InChI is InChI=1S/C30H26N2O3S/c1-34-24-16-12-22(13-17-24)31-19-26-29(20-10-14-23(33)15-11-20)32-27-8-3-4-9-28(27)36-30(26)21-6-5-7-25(18-21)35-2/h3-19,30-31,33H,1-2H3/b26-19+. The fourth-order valence-corrected chi connectivity index (χ4v) is 5.28. The molecule has 0 saturated heterocycles. The van der Waals surface area contributed by atoms with Crippen molar-refractivity contribution >= 4 is 28.8 Å². The summed E-state index contributed by atoms with van der Waals surface area (Å²) in [6.07, 6.45) is 2.02. The van der Waals surface area contributed by atoms with Gasteiger partial charge in [-0.15, -0.1) is 11.8 Å². The lowest BCUT2D eigenvalue weighted by atomic mass is 9.95. The molecule has 1 unspecified atom stereocenters. The van der Waals surface area contributed by atoms with Crippen LogP contribution in [0.15, 0.2) is 119 Å². The molecule has 5 nitrogen and oxygen atoms in total. The van der Waals surface area contributed by atoms with Crippen LogP contribution < -0.4 is 14.8 Å². The van der Waals surface area contributed by atoms with Gasteiger partial charge in [0.05, 0.1) is 30.9 Å². The molecule has 0 aromatic heterocycles.